The number of aryl methyl sites for hydroxylation is 1. The Balaban J connectivity index is 1.62. The van der Waals surface area contributed by atoms with Gasteiger partial charge in [0.1, 0.15) is 0 Å². The Labute approximate surface area is 214 Å². The van der Waals surface area contributed by atoms with Crippen LogP contribution in [0.25, 0.3) is 6.08 Å². The molecule has 0 bridgehead atoms. The molecule has 0 aliphatic carbocycles. The van der Waals surface area contributed by atoms with Gasteiger partial charge in [-0.25, -0.2) is 14.6 Å². The number of halogens is 2. The van der Waals surface area contributed by atoms with E-state index in [0.717, 1.165) is 0 Å². The molecule has 1 heterocycles. The number of benzene rings is 3. The molecule has 182 valence electrons. The number of aliphatic imine (C=N–C) groups is 1. The minimum Gasteiger partial charge on any atom is -0.493 e. The zero-order valence-corrected chi connectivity index (χ0v) is 20.3. The van der Waals surface area contributed by atoms with E-state index in [1.165, 1.54) is 55.7 Å². The van der Waals surface area contributed by atoms with E-state index in [9.17, 15) is 19.7 Å². The van der Waals surface area contributed by atoms with Crippen LogP contribution in [0.4, 0.5) is 5.69 Å². The molecule has 0 unspecified atom stereocenters. The van der Waals surface area contributed by atoms with Gasteiger partial charge in [0.05, 0.1) is 22.6 Å². The zero-order valence-electron chi connectivity index (χ0n) is 18.8. The number of hydrogen-bond acceptors (Lipinski definition) is 8. The van der Waals surface area contributed by atoms with Crippen LogP contribution in [0.2, 0.25) is 10.0 Å². The van der Waals surface area contributed by atoms with Crippen molar-refractivity contribution in [2.24, 2.45) is 4.99 Å². The summed E-state index contributed by atoms with van der Waals surface area (Å²) in [7, 11) is 1.37. The lowest BCUT2D eigenvalue weighted by atomic mass is 10.1. The Morgan fingerprint density at radius 2 is 1.83 bits per heavy atom. The summed E-state index contributed by atoms with van der Waals surface area (Å²) in [6.45, 7) is 1.57. The van der Waals surface area contributed by atoms with Crippen molar-refractivity contribution in [1.29, 1.82) is 0 Å². The highest BCUT2D eigenvalue weighted by atomic mass is 35.5. The highest BCUT2D eigenvalue weighted by molar-refractivity contribution is 6.32. The molecule has 36 heavy (non-hydrogen) atoms. The molecule has 0 spiro atoms. The number of hydrogen-bond donors (Lipinski definition) is 0. The fourth-order valence-electron chi connectivity index (χ4n) is 3.34. The summed E-state index contributed by atoms with van der Waals surface area (Å²) in [5.74, 6) is -1.21. The summed E-state index contributed by atoms with van der Waals surface area (Å²) < 4.78 is 16.0. The molecule has 9 nitrogen and oxygen atoms in total. The predicted molar refractivity (Wildman–Crippen MR) is 133 cm³/mol. The summed E-state index contributed by atoms with van der Waals surface area (Å²) in [6, 6.07) is 13.4. The number of nitro groups is 1. The van der Waals surface area contributed by atoms with Crippen LogP contribution in [-0.4, -0.2) is 29.9 Å². The van der Waals surface area contributed by atoms with Crippen LogP contribution in [0, 0.1) is 17.0 Å². The Kier molecular flexibility index (Phi) is 7.05. The van der Waals surface area contributed by atoms with Gasteiger partial charge in [-0.05, 0) is 67.1 Å². The van der Waals surface area contributed by atoms with Crippen LogP contribution in [0.5, 0.6) is 11.5 Å². The zero-order chi connectivity index (χ0) is 26.0. The molecule has 1 aliphatic rings. The fourth-order valence-corrected chi connectivity index (χ4v) is 3.73. The first kappa shape index (κ1) is 24.9. The minimum absolute atomic E-state index is 0.000750. The normalized spacial score (nSPS) is 13.8. The van der Waals surface area contributed by atoms with E-state index in [-0.39, 0.29) is 39.4 Å². The first-order valence-electron chi connectivity index (χ1n) is 10.3. The highest BCUT2D eigenvalue weighted by Gasteiger charge is 2.26. The maximum atomic E-state index is 12.5. The van der Waals surface area contributed by atoms with E-state index >= 15 is 0 Å². The summed E-state index contributed by atoms with van der Waals surface area (Å²) >= 11 is 12.2. The number of nitro benzene ring substituents is 1. The molecule has 0 amide bonds. The lowest BCUT2D eigenvalue weighted by Crippen LogP contribution is -2.09. The van der Waals surface area contributed by atoms with Gasteiger partial charge in [0.2, 0.25) is 5.90 Å². The van der Waals surface area contributed by atoms with Gasteiger partial charge in [-0.15, -0.1) is 0 Å². The molecular formula is C25H16Cl2N2O7. The second-order valence-electron chi connectivity index (χ2n) is 7.52. The third-order valence-electron chi connectivity index (χ3n) is 5.09. The number of carbonyl (C=O) groups is 2. The van der Waals surface area contributed by atoms with E-state index in [4.69, 9.17) is 37.4 Å². The fraction of sp³-hybridized carbons (Fsp3) is 0.0800. The number of methoxy groups -OCH3 is 1. The average molecular weight is 527 g/mol. The predicted octanol–water partition coefficient (Wildman–Crippen LogP) is 5.78. The van der Waals surface area contributed by atoms with Crippen molar-refractivity contribution in [2.45, 2.75) is 6.92 Å². The second-order valence-corrected chi connectivity index (χ2v) is 8.37. The van der Waals surface area contributed by atoms with Crippen molar-refractivity contribution in [1.82, 2.24) is 0 Å². The summed E-state index contributed by atoms with van der Waals surface area (Å²) in [5, 5.41) is 11.6. The van der Waals surface area contributed by atoms with Crippen molar-refractivity contribution in [2.75, 3.05) is 7.11 Å². The monoisotopic (exact) mass is 526 g/mol. The molecule has 3 aromatic carbocycles. The molecule has 3 aromatic rings. The average Bonchev–Trinajstić information content (AvgIpc) is 3.20. The van der Waals surface area contributed by atoms with Gasteiger partial charge < -0.3 is 14.2 Å². The van der Waals surface area contributed by atoms with Gasteiger partial charge in [-0.2, -0.15) is 0 Å². The van der Waals surface area contributed by atoms with E-state index < -0.39 is 16.9 Å². The van der Waals surface area contributed by atoms with Crippen LogP contribution in [0.3, 0.4) is 0 Å². The molecule has 0 aromatic heterocycles. The van der Waals surface area contributed by atoms with E-state index in [2.05, 4.69) is 4.99 Å². The van der Waals surface area contributed by atoms with Gasteiger partial charge >= 0.3 is 11.9 Å². The molecule has 0 fully saturated rings. The first-order chi connectivity index (χ1) is 17.2. The van der Waals surface area contributed by atoms with E-state index in [1.807, 2.05) is 0 Å². The molecule has 0 N–H and O–H groups in total. The van der Waals surface area contributed by atoms with Crippen molar-refractivity contribution < 1.29 is 28.7 Å². The smallest absolute Gasteiger partial charge is 0.363 e. The van der Waals surface area contributed by atoms with Crippen molar-refractivity contribution in [3.8, 4) is 11.5 Å². The van der Waals surface area contributed by atoms with Crippen LogP contribution < -0.4 is 9.47 Å². The van der Waals surface area contributed by atoms with Gasteiger partial charge in [-0.3, -0.25) is 10.1 Å². The van der Waals surface area contributed by atoms with E-state index in [1.54, 1.807) is 19.1 Å². The van der Waals surface area contributed by atoms with Crippen LogP contribution in [0.1, 0.15) is 27.0 Å². The standard InChI is InChI=1S/C25H16Cl2N2O7/c1-13-9-16(5-8-20(13)29(32)33)23-28-19(25(31)36-23)11-14-10-18(27)22(21(12-14)34-2)35-24(30)15-3-6-17(26)7-4-15/h3-12H,1-2H3/b19-11-. The van der Waals surface area contributed by atoms with Gasteiger partial charge in [0, 0.05) is 22.2 Å². The quantitative estimate of drug-likeness (QED) is 0.131. The number of esters is 2. The Hall–Kier alpha value is -4.21. The molecule has 0 atom stereocenters. The lowest BCUT2D eigenvalue weighted by molar-refractivity contribution is -0.385. The van der Waals surface area contributed by atoms with Crippen molar-refractivity contribution >= 4 is 52.8 Å². The molecule has 4 rings (SSSR count). The van der Waals surface area contributed by atoms with Crippen molar-refractivity contribution in [3.05, 3.63) is 103 Å². The highest BCUT2D eigenvalue weighted by Crippen LogP contribution is 2.38. The van der Waals surface area contributed by atoms with Crippen molar-refractivity contribution in [3.63, 3.8) is 0 Å². The van der Waals surface area contributed by atoms with Crippen LogP contribution in [-0.2, 0) is 9.53 Å². The Morgan fingerprint density at radius 1 is 1.11 bits per heavy atom. The lowest BCUT2D eigenvalue weighted by Gasteiger charge is -2.12. The van der Waals surface area contributed by atoms with Crippen LogP contribution in [0.15, 0.2) is 65.3 Å². The third-order valence-corrected chi connectivity index (χ3v) is 5.62. The Morgan fingerprint density at radius 3 is 2.47 bits per heavy atom. The number of rotatable bonds is 6. The van der Waals surface area contributed by atoms with Crippen LogP contribution >= 0.6 is 23.2 Å². The van der Waals surface area contributed by atoms with Gasteiger partial charge in [0.25, 0.3) is 5.69 Å². The number of nitrogens with zero attached hydrogens (tertiary/aromatic N) is 2. The topological polar surface area (TPSA) is 117 Å². The number of cyclic esters (lactones) is 1. The maximum absolute atomic E-state index is 12.5. The molecule has 0 saturated carbocycles. The Bertz CT molecular complexity index is 1460. The van der Waals surface area contributed by atoms with Gasteiger partial charge in [0.15, 0.2) is 17.2 Å². The summed E-state index contributed by atoms with van der Waals surface area (Å²) in [6.07, 6.45) is 1.42. The van der Waals surface area contributed by atoms with Gasteiger partial charge in [-0.1, -0.05) is 23.2 Å². The van der Waals surface area contributed by atoms with E-state index in [0.29, 0.717) is 21.7 Å². The number of carbonyl (C=O) groups excluding carboxylic acids is 2. The molecule has 0 radical (unpaired) electrons. The molecular weight excluding hydrogens is 511 g/mol. The largest absolute Gasteiger partial charge is 0.493 e. The summed E-state index contributed by atoms with van der Waals surface area (Å²) in [4.78, 5) is 39.6. The minimum atomic E-state index is -0.714. The summed E-state index contributed by atoms with van der Waals surface area (Å²) in [5.41, 5.74) is 1.42. The maximum Gasteiger partial charge on any atom is 0.363 e. The molecule has 0 saturated heterocycles. The molecule has 1 aliphatic heterocycles. The second kappa shape index (κ2) is 10.2. The third kappa shape index (κ3) is 5.22. The number of ether oxygens (including phenoxy) is 3. The first-order valence-corrected chi connectivity index (χ1v) is 11.0. The molecule has 11 heteroatoms. The SMILES string of the molecule is COc1cc(/C=C2\N=C(c3ccc([N+](=O)[O-])c(C)c3)OC2=O)cc(Cl)c1OC(=O)c1ccc(Cl)cc1.